The minimum Gasteiger partial charge on any atom is -0.461 e. The molecule has 0 aromatic carbocycles. The molecule has 6 nitrogen and oxygen atoms in total. The normalized spacial score (nSPS) is 6.71. The van der Waals surface area contributed by atoms with Crippen LogP contribution in [0.2, 0.25) is 0 Å². The van der Waals surface area contributed by atoms with E-state index < -0.39 is 0 Å². The Kier molecular flexibility index (Phi) is 122. The Bertz CT molecular complexity index is 528. The summed E-state index contributed by atoms with van der Waals surface area (Å²) in [4.78, 5) is 17.8. The highest BCUT2D eigenvalue weighted by Gasteiger charge is 1.68. The van der Waals surface area contributed by atoms with Gasteiger partial charge in [0.25, 0.3) is 0 Å². The molecule has 170 valence electrons. The van der Waals surface area contributed by atoms with Gasteiger partial charge in [0.1, 0.15) is 18.6 Å². The molecule has 0 spiro atoms. The average molecular weight is 423 g/mol. The van der Waals surface area contributed by atoms with Crippen LogP contribution in [0.1, 0.15) is 68.2 Å². The van der Waals surface area contributed by atoms with E-state index in [9.17, 15) is 0 Å². The third-order valence-corrected chi connectivity index (χ3v) is 1.55. The maximum Gasteiger partial charge on any atom is 0.214 e. The first-order chi connectivity index (χ1) is 14.5. The first kappa shape index (κ1) is 45.6. The zero-order valence-corrected chi connectivity index (χ0v) is 19.1. The van der Waals surface area contributed by atoms with E-state index in [1.807, 2.05) is 41.5 Å². The lowest BCUT2D eigenvalue weighted by Crippen LogP contribution is -1.62. The molecule has 0 aliphatic carbocycles. The fourth-order valence-electron chi connectivity index (χ4n) is 0.518. The third-order valence-electron chi connectivity index (χ3n) is 1.55. The number of allylic oxidation sites excluding steroid dienone is 3. The van der Waals surface area contributed by atoms with Crippen molar-refractivity contribution in [1.82, 2.24) is 0 Å². The lowest BCUT2D eigenvalue weighted by Gasteiger charge is -1.81. The molecular weight excluding hydrogens is 384 g/mol. The van der Waals surface area contributed by atoms with Crippen molar-refractivity contribution in [2.75, 3.05) is 6.54 Å². The molecule has 0 heterocycles. The summed E-state index contributed by atoms with van der Waals surface area (Å²) in [6.07, 6.45) is 12.1. The summed E-state index contributed by atoms with van der Waals surface area (Å²) < 4.78 is 0. The van der Waals surface area contributed by atoms with Crippen molar-refractivity contribution in [2.45, 2.75) is 68.2 Å². The molecule has 0 rings (SSSR count). The highest BCUT2D eigenvalue weighted by Crippen LogP contribution is 1.80. The van der Waals surface area contributed by atoms with Gasteiger partial charge in [0, 0.05) is 6.42 Å². The lowest BCUT2D eigenvalue weighted by molar-refractivity contribution is 1.03. The zero-order chi connectivity index (χ0) is 24.7. The van der Waals surface area contributed by atoms with Crippen LogP contribution >= 0.6 is 0 Å². The Balaban J connectivity index is -0.0000000443. The van der Waals surface area contributed by atoms with Gasteiger partial charge in [-0.15, -0.1) is 0 Å². The molecular formula is C25H38N6-2. The molecule has 0 saturated carbocycles. The van der Waals surface area contributed by atoms with E-state index in [0.717, 1.165) is 19.3 Å². The van der Waals surface area contributed by atoms with Crippen molar-refractivity contribution in [3.63, 3.8) is 0 Å². The van der Waals surface area contributed by atoms with E-state index in [1.54, 1.807) is 31.3 Å². The molecule has 0 atom stereocenters. The smallest absolute Gasteiger partial charge is 0.214 e. The van der Waals surface area contributed by atoms with Crippen LogP contribution in [0.5, 0.6) is 0 Å². The van der Waals surface area contributed by atoms with Crippen LogP contribution in [0.3, 0.4) is 0 Å². The largest absolute Gasteiger partial charge is 0.461 e. The van der Waals surface area contributed by atoms with Gasteiger partial charge in [0.15, 0.2) is 0 Å². The molecule has 0 N–H and O–H groups in total. The minimum atomic E-state index is 0. The topological polar surface area (TPSA) is 26.2 Å². The molecule has 0 aliphatic rings. The molecule has 0 aliphatic heterocycles. The molecule has 0 amide bonds. The van der Waals surface area contributed by atoms with E-state index in [-0.39, 0.29) is 7.43 Å². The van der Waals surface area contributed by atoms with Gasteiger partial charge < -0.3 is 14.5 Å². The first-order valence-electron chi connectivity index (χ1n) is 9.12. The lowest BCUT2D eigenvalue weighted by atomic mass is 10.5. The van der Waals surface area contributed by atoms with Gasteiger partial charge in [0.05, 0.1) is 19.7 Å². The molecule has 0 fully saturated rings. The molecule has 6 heteroatoms. The Morgan fingerprint density at radius 2 is 0.903 bits per heavy atom. The van der Waals surface area contributed by atoms with Crippen LogP contribution in [0.25, 0.3) is 29.1 Å². The summed E-state index contributed by atoms with van der Waals surface area (Å²) in [6, 6.07) is 0. The fraction of sp³-hybridized carbons (Fsp3) is 0.440. The maximum absolute atomic E-state index is 6.23. The van der Waals surface area contributed by atoms with Gasteiger partial charge in [-0.2, -0.15) is 0 Å². The monoisotopic (exact) mass is 422 g/mol. The van der Waals surface area contributed by atoms with Gasteiger partial charge in [0.2, 0.25) is 6.54 Å². The summed E-state index contributed by atoms with van der Waals surface area (Å²) in [6.45, 7) is 52.1. The Morgan fingerprint density at radius 1 is 0.613 bits per heavy atom. The van der Waals surface area contributed by atoms with Crippen molar-refractivity contribution in [3.05, 3.63) is 118 Å². The molecule has 0 unspecified atom stereocenters. The first-order valence-corrected chi connectivity index (χ1v) is 9.12. The van der Waals surface area contributed by atoms with Crippen molar-refractivity contribution in [3.8, 4) is 0 Å². The number of hydrogen-bond donors (Lipinski definition) is 0. The van der Waals surface area contributed by atoms with Crippen molar-refractivity contribution in [2.24, 2.45) is 0 Å². The quantitative estimate of drug-likeness (QED) is 0.405. The van der Waals surface area contributed by atoms with Gasteiger partial charge in [-0.3, -0.25) is 13.1 Å². The highest BCUT2D eigenvalue weighted by atomic mass is 14.6. The second-order valence-electron chi connectivity index (χ2n) is 4.16. The van der Waals surface area contributed by atoms with Gasteiger partial charge in [-0.25, -0.2) is 21.1 Å². The SMILES string of the molecule is C.[C-]#[N+]/C=C/C.[C-]#[N+]/C=C/C.[C-]#[N+]/C=C/C.[C-]#[N+]CCC.[C-]#[N+][CH-]CC.[C-]#[N+][CH-]CC. The molecule has 0 bridgehead atoms. The standard InChI is InChI=1S/C4H7N.2C4H6N.3C4H5N.CH4/c6*1-3-4-5-2;/h3-4H2,1H3;2*4H,3H2,1H3;3*3-4H,1H3;1H4/q;2*-1;;;;/b;;;3*4-3+;. The number of hydrogen-bond acceptors (Lipinski definition) is 0. The molecule has 31 heavy (non-hydrogen) atoms. The predicted octanol–water partition coefficient (Wildman–Crippen LogP) is 9.22. The zero-order valence-electron chi connectivity index (χ0n) is 19.1. The van der Waals surface area contributed by atoms with Crippen LogP contribution in [-0.2, 0) is 0 Å². The van der Waals surface area contributed by atoms with Crippen LogP contribution in [0, 0.1) is 52.5 Å². The number of nitrogens with zero attached hydrogens (tertiary/aromatic N) is 6. The van der Waals surface area contributed by atoms with Crippen molar-refractivity contribution < 1.29 is 0 Å². The van der Waals surface area contributed by atoms with E-state index in [4.69, 9.17) is 39.4 Å². The summed E-state index contributed by atoms with van der Waals surface area (Å²) in [5, 5.41) is 0. The summed E-state index contributed by atoms with van der Waals surface area (Å²) in [5.74, 6) is 0. The molecule has 0 radical (unpaired) electrons. The van der Waals surface area contributed by atoms with Gasteiger partial charge >= 0.3 is 0 Å². The molecule has 0 aromatic rings. The summed E-state index contributed by atoms with van der Waals surface area (Å²) in [5.41, 5.74) is 0. The Labute approximate surface area is 193 Å². The van der Waals surface area contributed by atoms with E-state index in [2.05, 4.69) is 29.1 Å². The van der Waals surface area contributed by atoms with Gasteiger partial charge in [-0.1, -0.05) is 80.0 Å². The minimum absolute atomic E-state index is 0. The van der Waals surface area contributed by atoms with E-state index in [1.165, 1.54) is 18.6 Å². The van der Waals surface area contributed by atoms with Gasteiger partial charge in [-0.05, 0) is 13.1 Å². The molecule has 0 saturated heterocycles. The second kappa shape index (κ2) is 83.1. The van der Waals surface area contributed by atoms with E-state index >= 15 is 0 Å². The molecule has 0 aromatic heterocycles. The van der Waals surface area contributed by atoms with Crippen LogP contribution in [-0.4, -0.2) is 6.54 Å². The third kappa shape index (κ3) is 237. The van der Waals surface area contributed by atoms with E-state index in [0.29, 0.717) is 6.54 Å². The highest BCUT2D eigenvalue weighted by molar-refractivity contribution is 4.86. The summed E-state index contributed by atoms with van der Waals surface area (Å²) in [7, 11) is 0. The average Bonchev–Trinajstić information content (AvgIpc) is 2.74. The fourth-order valence-corrected chi connectivity index (χ4v) is 0.518. The van der Waals surface area contributed by atoms with Crippen LogP contribution in [0.4, 0.5) is 0 Å². The Morgan fingerprint density at radius 3 is 0.903 bits per heavy atom. The van der Waals surface area contributed by atoms with Crippen molar-refractivity contribution in [1.29, 1.82) is 0 Å². The van der Waals surface area contributed by atoms with Crippen molar-refractivity contribution >= 4 is 0 Å². The predicted molar refractivity (Wildman–Crippen MR) is 135 cm³/mol. The van der Waals surface area contributed by atoms with Crippen LogP contribution < -0.4 is 0 Å². The summed E-state index contributed by atoms with van der Waals surface area (Å²) >= 11 is 0. The number of rotatable bonds is 3. The van der Waals surface area contributed by atoms with Crippen LogP contribution in [0.15, 0.2) is 36.8 Å². The Hall–Kier alpha value is -4.10. The maximum atomic E-state index is 6.23. The second-order valence-corrected chi connectivity index (χ2v) is 4.16.